The van der Waals surface area contributed by atoms with Crippen LogP contribution < -0.4 is 0 Å². The number of H-pyrrole nitrogens is 1. The molecule has 0 saturated heterocycles. The summed E-state index contributed by atoms with van der Waals surface area (Å²) in [5, 5.41) is 0.703. The second-order valence-corrected chi connectivity index (χ2v) is 4.02. The van der Waals surface area contributed by atoms with E-state index in [2.05, 4.69) is 18.8 Å². The molecule has 14 heavy (non-hydrogen) atoms. The van der Waals surface area contributed by atoms with Gasteiger partial charge in [0.05, 0.1) is 0 Å². The lowest BCUT2D eigenvalue weighted by atomic mass is 10.0. The summed E-state index contributed by atoms with van der Waals surface area (Å²) < 4.78 is 13.6. The molecule has 1 aromatic heterocycles. The summed E-state index contributed by atoms with van der Waals surface area (Å²) in [7, 11) is 0. The third kappa shape index (κ3) is 1.31. The molecule has 0 saturated carbocycles. The Morgan fingerprint density at radius 2 is 2.00 bits per heavy atom. The average Bonchev–Trinajstić information content (AvgIpc) is 2.43. The number of aromatic nitrogens is 1. The van der Waals surface area contributed by atoms with Crippen LogP contribution in [-0.2, 0) is 0 Å². The maximum atomic E-state index is 13.6. The van der Waals surface area contributed by atoms with Crippen molar-refractivity contribution in [3.63, 3.8) is 0 Å². The molecule has 1 aromatic carbocycles. The Morgan fingerprint density at radius 3 is 2.64 bits per heavy atom. The van der Waals surface area contributed by atoms with Crippen molar-refractivity contribution in [2.24, 2.45) is 0 Å². The summed E-state index contributed by atoms with van der Waals surface area (Å²) >= 11 is 0. The first-order valence-corrected chi connectivity index (χ1v) is 4.87. The lowest BCUT2D eigenvalue weighted by molar-refractivity contribution is 0.629. The van der Waals surface area contributed by atoms with Crippen molar-refractivity contribution in [1.29, 1.82) is 0 Å². The second-order valence-electron chi connectivity index (χ2n) is 4.02. The lowest BCUT2D eigenvalue weighted by Gasteiger charge is -2.04. The Hall–Kier alpha value is -1.31. The number of hydrogen-bond acceptors (Lipinski definition) is 0. The summed E-state index contributed by atoms with van der Waals surface area (Å²) in [5.41, 5.74) is 2.67. The normalized spacial score (nSPS) is 11.5. The van der Waals surface area contributed by atoms with Gasteiger partial charge >= 0.3 is 0 Å². The molecule has 0 aliphatic carbocycles. The zero-order valence-corrected chi connectivity index (χ0v) is 8.69. The summed E-state index contributed by atoms with van der Waals surface area (Å²) in [6.07, 6.45) is 0. The van der Waals surface area contributed by atoms with E-state index in [-0.39, 0.29) is 5.82 Å². The molecule has 1 nitrogen and oxygen atoms in total. The van der Waals surface area contributed by atoms with Gasteiger partial charge in [-0.3, -0.25) is 0 Å². The third-order valence-electron chi connectivity index (χ3n) is 2.60. The highest BCUT2D eigenvalue weighted by atomic mass is 19.1. The van der Waals surface area contributed by atoms with Crippen molar-refractivity contribution in [3.05, 3.63) is 35.3 Å². The summed E-state index contributed by atoms with van der Waals surface area (Å²) in [5.74, 6) is 0.316. The molecule has 0 spiro atoms. The van der Waals surface area contributed by atoms with Crippen LogP contribution in [0, 0.1) is 12.7 Å². The minimum absolute atomic E-state index is 0.123. The van der Waals surface area contributed by atoms with Crippen LogP contribution in [0.2, 0.25) is 0 Å². The van der Waals surface area contributed by atoms with Crippen molar-refractivity contribution >= 4 is 10.9 Å². The van der Waals surface area contributed by atoms with Crippen LogP contribution in [-0.4, -0.2) is 4.98 Å². The lowest BCUT2D eigenvalue weighted by Crippen LogP contribution is -1.86. The smallest absolute Gasteiger partial charge is 0.151 e. The first kappa shape index (κ1) is 9.25. The van der Waals surface area contributed by atoms with Crippen LogP contribution in [0.25, 0.3) is 10.9 Å². The number of aromatic amines is 1. The molecule has 2 aromatic rings. The summed E-state index contributed by atoms with van der Waals surface area (Å²) in [6, 6.07) is 5.92. The van der Waals surface area contributed by atoms with E-state index >= 15 is 0 Å². The Bertz CT molecular complexity index is 468. The number of fused-ring (bicyclic) bond motifs is 1. The zero-order chi connectivity index (χ0) is 10.3. The predicted octanol–water partition coefficient (Wildman–Crippen LogP) is 3.74. The monoisotopic (exact) mass is 191 g/mol. The van der Waals surface area contributed by atoms with Gasteiger partial charge in [-0.15, -0.1) is 0 Å². The fourth-order valence-electron chi connectivity index (χ4n) is 1.67. The van der Waals surface area contributed by atoms with Crippen molar-refractivity contribution < 1.29 is 4.39 Å². The standard InChI is InChI=1S/C12H14FN/c1-7(2)9-4-5-11-10(6-9)12(13)8(3)14-11/h4-7,14H,1-3H3. The minimum atomic E-state index is -0.123. The molecule has 0 unspecified atom stereocenters. The van der Waals surface area contributed by atoms with Gasteiger partial charge in [0.15, 0.2) is 5.82 Å². The van der Waals surface area contributed by atoms with E-state index in [1.54, 1.807) is 6.92 Å². The van der Waals surface area contributed by atoms with Crippen LogP contribution in [0.3, 0.4) is 0 Å². The maximum absolute atomic E-state index is 13.6. The van der Waals surface area contributed by atoms with Crippen LogP contribution in [0.5, 0.6) is 0 Å². The maximum Gasteiger partial charge on any atom is 0.151 e. The van der Waals surface area contributed by atoms with Gasteiger partial charge in [0.25, 0.3) is 0 Å². The molecular formula is C12H14FN. The molecule has 0 radical (unpaired) electrons. The van der Waals surface area contributed by atoms with Crippen LogP contribution in [0.1, 0.15) is 31.0 Å². The van der Waals surface area contributed by atoms with Gasteiger partial charge in [-0.2, -0.15) is 0 Å². The molecule has 0 aliphatic rings. The fraction of sp³-hybridized carbons (Fsp3) is 0.333. The molecular weight excluding hydrogens is 177 g/mol. The SMILES string of the molecule is Cc1[nH]c2ccc(C(C)C)cc2c1F. The molecule has 0 amide bonds. The number of rotatable bonds is 1. The van der Waals surface area contributed by atoms with Gasteiger partial charge < -0.3 is 4.98 Å². The number of aryl methyl sites for hydroxylation is 1. The quantitative estimate of drug-likeness (QED) is 0.706. The van der Waals surface area contributed by atoms with E-state index in [0.29, 0.717) is 17.0 Å². The van der Waals surface area contributed by atoms with Crippen LogP contribution in [0.4, 0.5) is 4.39 Å². The van der Waals surface area contributed by atoms with Crippen molar-refractivity contribution in [3.8, 4) is 0 Å². The predicted molar refractivity (Wildman–Crippen MR) is 57.1 cm³/mol. The van der Waals surface area contributed by atoms with Crippen LogP contribution >= 0.6 is 0 Å². The van der Waals surface area contributed by atoms with Gasteiger partial charge in [-0.05, 0) is 30.5 Å². The molecule has 0 fully saturated rings. The van der Waals surface area contributed by atoms with Gasteiger partial charge in [-0.25, -0.2) is 4.39 Å². The van der Waals surface area contributed by atoms with E-state index in [1.165, 1.54) is 5.56 Å². The number of halogens is 1. The third-order valence-corrected chi connectivity index (χ3v) is 2.60. The first-order chi connectivity index (χ1) is 6.59. The Kier molecular flexibility index (Phi) is 2.06. The van der Waals surface area contributed by atoms with E-state index in [1.807, 2.05) is 18.2 Å². The van der Waals surface area contributed by atoms with E-state index in [9.17, 15) is 4.39 Å². The molecule has 2 heteroatoms. The number of benzene rings is 1. The van der Waals surface area contributed by atoms with Crippen molar-refractivity contribution in [2.45, 2.75) is 26.7 Å². The van der Waals surface area contributed by atoms with Gasteiger partial charge in [0.2, 0.25) is 0 Å². The van der Waals surface area contributed by atoms with E-state index in [4.69, 9.17) is 0 Å². The molecule has 74 valence electrons. The topological polar surface area (TPSA) is 15.8 Å². The number of hydrogen-bond donors (Lipinski definition) is 1. The fourth-order valence-corrected chi connectivity index (χ4v) is 1.67. The highest BCUT2D eigenvalue weighted by molar-refractivity contribution is 5.82. The Labute approximate surface area is 82.9 Å². The summed E-state index contributed by atoms with van der Waals surface area (Å²) in [6.45, 7) is 5.97. The second kappa shape index (κ2) is 3.12. The molecule has 1 N–H and O–H groups in total. The van der Waals surface area contributed by atoms with Gasteiger partial charge in [0.1, 0.15) is 0 Å². The number of nitrogens with one attached hydrogen (secondary N) is 1. The minimum Gasteiger partial charge on any atom is -0.356 e. The highest BCUT2D eigenvalue weighted by Crippen LogP contribution is 2.24. The zero-order valence-electron chi connectivity index (χ0n) is 8.69. The van der Waals surface area contributed by atoms with E-state index in [0.717, 1.165) is 5.52 Å². The summed E-state index contributed by atoms with van der Waals surface area (Å²) in [4.78, 5) is 3.02. The molecule has 0 aliphatic heterocycles. The van der Waals surface area contributed by atoms with Gasteiger partial charge in [-0.1, -0.05) is 19.9 Å². The largest absolute Gasteiger partial charge is 0.356 e. The molecule has 0 atom stereocenters. The highest BCUT2D eigenvalue weighted by Gasteiger charge is 2.08. The molecule has 0 bridgehead atoms. The molecule has 1 heterocycles. The Morgan fingerprint density at radius 1 is 1.29 bits per heavy atom. The molecule has 2 rings (SSSR count). The van der Waals surface area contributed by atoms with Crippen LogP contribution in [0.15, 0.2) is 18.2 Å². The van der Waals surface area contributed by atoms with Crippen molar-refractivity contribution in [2.75, 3.05) is 0 Å². The van der Waals surface area contributed by atoms with Gasteiger partial charge in [0, 0.05) is 16.6 Å². The van der Waals surface area contributed by atoms with Crippen molar-refractivity contribution in [1.82, 2.24) is 4.98 Å². The van der Waals surface area contributed by atoms with E-state index < -0.39 is 0 Å². The first-order valence-electron chi connectivity index (χ1n) is 4.87. The average molecular weight is 191 g/mol. The Balaban J connectivity index is 2.69.